The van der Waals surface area contributed by atoms with Gasteiger partial charge in [0.05, 0.1) is 35.7 Å². The first-order valence-corrected chi connectivity index (χ1v) is 11.6. The highest BCUT2D eigenvalue weighted by Crippen LogP contribution is 2.36. The third-order valence-electron chi connectivity index (χ3n) is 4.59. The van der Waals surface area contributed by atoms with E-state index in [1.807, 2.05) is 0 Å². The molecule has 0 saturated carbocycles. The van der Waals surface area contributed by atoms with E-state index in [0.717, 1.165) is 0 Å². The quantitative estimate of drug-likeness (QED) is 0.0826. The first-order valence-electron chi connectivity index (χ1n) is 9.40. The number of aliphatic hydroxyl groups excluding tert-OH is 1. The average molecular weight is 496 g/mol. The molecule has 3 rings (SSSR count). The number of fused-ring (bicyclic) bond motifs is 1. The van der Waals surface area contributed by atoms with Crippen molar-refractivity contribution in [3.05, 3.63) is 47.5 Å². The lowest BCUT2D eigenvalue weighted by atomic mass is 10.0. The molecule has 0 saturated heterocycles. The number of benzene rings is 3. The van der Waals surface area contributed by atoms with Gasteiger partial charge in [0.2, 0.25) is 0 Å². The van der Waals surface area contributed by atoms with Gasteiger partial charge in [0.15, 0.2) is 0 Å². The second kappa shape index (κ2) is 10.4. The predicted molar refractivity (Wildman–Crippen MR) is 122 cm³/mol. The van der Waals surface area contributed by atoms with Crippen LogP contribution in [0.5, 0.6) is 5.75 Å². The zero-order chi connectivity index (χ0) is 24.2. The van der Waals surface area contributed by atoms with Crippen LogP contribution < -0.4 is 10.5 Å². The number of rotatable bonds is 9. The van der Waals surface area contributed by atoms with E-state index in [0.29, 0.717) is 50.6 Å². The van der Waals surface area contributed by atoms with Crippen molar-refractivity contribution in [1.82, 2.24) is 0 Å². The van der Waals surface area contributed by atoms with Gasteiger partial charge in [-0.05, 0) is 60.7 Å². The summed E-state index contributed by atoms with van der Waals surface area (Å²) < 4.78 is 43.7. The minimum atomic E-state index is -4.61. The predicted octanol–water partition coefficient (Wildman–Crippen LogP) is 4.50. The topological polar surface area (TPSA) is 173 Å². The monoisotopic (exact) mass is 495 g/mol. The molecule has 3 aromatic rings. The molecule has 11 nitrogen and oxygen atoms in total. The van der Waals surface area contributed by atoms with Crippen LogP contribution in [0.3, 0.4) is 0 Å². The molecule has 0 bridgehead atoms. The minimum Gasteiger partial charge on any atom is -0.489 e. The minimum absolute atomic E-state index is 0.0568. The summed E-state index contributed by atoms with van der Waals surface area (Å²) in [6.45, 7) is 3.38. The van der Waals surface area contributed by atoms with Crippen LogP contribution in [0.1, 0.15) is 11.1 Å². The van der Waals surface area contributed by atoms with E-state index in [4.69, 9.17) is 20.8 Å². The Hall–Kier alpha value is -2.78. The van der Waals surface area contributed by atoms with Crippen molar-refractivity contribution in [2.45, 2.75) is 23.6 Å². The van der Waals surface area contributed by atoms with Gasteiger partial charge in [0.25, 0.3) is 10.1 Å². The van der Waals surface area contributed by atoms with Gasteiger partial charge >= 0.3 is 0 Å². The number of aliphatic hydroxyl groups is 1. The summed E-state index contributed by atoms with van der Waals surface area (Å²) in [7, 11) is -4.61. The van der Waals surface area contributed by atoms with Gasteiger partial charge in [0.1, 0.15) is 17.3 Å². The Labute approximate surface area is 193 Å². The fourth-order valence-electron chi connectivity index (χ4n) is 3.14. The van der Waals surface area contributed by atoms with Crippen LogP contribution in [0.25, 0.3) is 10.8 Å². The Kier molecular flexibility index (Phi) is 7.86. The summed E-state index contributed by atoms with van der Waals surface area (Å²) in [5, 5.41) is 29.9. The number of nitrogens with two attached hydrogens (primary N) is 1. The number of nitrogen functional groups attached to an aromatic ring is 1. The number of hydrogen-bond acceptors (Lipinski definition) is 11. The smallest absolute Gasteiger partial charge is 0.295 e. The molecule has 0 atom stereocenters. The molecule has 0 aromatic heterocycles. The third kappa shape index (κ3) is 5.97. The molecule has 33 heavy (non-hydrogen) atoms. The maximum atomic E-state index is 12.1. The third-order valence-corrected chi connectivity index (χ3v) is 6.04. The highest BCUT2D eigenvalue weighted by molar-refractivity contribution is 7.94. The van der Waals surface area contributed by atoms with Crippen LogP contribution in [0, 0.1) is 13.8 Å². The lowest BCUT2D eigenvalue weighted by Crippen LogP contribution is -2.04. The molecule has 0 aliphatic rings. The Morgan fingerprint density at radius 3 is 2.45 bits per heavy atom. The van der Waals surface area contributed by atoms with Crippen LogP contribution in [-0.2, 0) is 19.5 Å². The van der Waals surface area contributed by atoms with E-state index in [9.17, 15) is 13.0 Å². The normalized spacial score (nSPS) is 12.0. The van der Waals surface area contributed by atoms with Gasteiger partial charge in [-0.25, -0.2) is 5.26 Å². The Morgan fingerprint density at radius 1 is 1.03 bits per heavy atom. The molecule has 0 fully saturated rings. The summed E-state index contributed by atoms with van der Waals surface area (Å²) in [4.78, 5) is 0.0617. The highest BCUT2D eigenvalue weighted by atomic mass is 32.2. The van der Waals surface area contributed by atoms with Crippen molar-refractivity contribution in [1.29, 1.82) is 0 Å². The van der Waals surface area contributed by atoms with Crippen molar-refractivity contribution in [3.63, 3.8) is 0 Å². The number of anilines is 1. The molecule has 13 heteroatoms. The number of hydrogen-bond donors (Lipinski definition) is 4. The Morgan fingerprint density at radius 2 is 1.79 bits per heavy atom. The van der Waals surface area contributed by atoms with Crippen molar-refractivity contribution >= 4 is 50.0 Å². The Balaban J connectivity index is 2.09. The van der Waals surface area contributed by atoms with E-state index in [1.54, 1.807) is 38.1 Å². The standard InChI is InChI=1S/C20H21N3O8S2/c1-11-5-14(32-31-30-25)9-16-15(11)7-13(8-20(16)33(26,27)28)22-23-18-10-19(29-4-3-24)17(21)6-12(18)2/h5-10,24-25H,3-4,21H2,1-2H3,(H,26,27,28). The molecule has 0 spiro atoms. The Bertz CT molecular complexity index is 1310. The first kappa shape index (κ1) is 24.9. The van der Waals surface area contributed by atoms with Crippen LogP contribution in [-0.4, -0.2) is 36.5 Å². The average Bonchev–Trinajstić information content (AvgIpc) is 2.75. The zero-order valence-electron chi connectivity index (χ0n) is 17.5. The maximum absolute atomic E-state index is 12.1. The SMILES string of the molecule is Cc1cc(N)c(OCCO)cc1N=Nc1cc(S(=O)(=O)O)c2cc(SOOO)cc(C)c2c1. The molecule has 0 radical (unpaired) electrons. The van der Waals surface area contributed by atoms with Crippen molar-refractivity contribution in [2.24, 2.45) is 10.2 Å². The zero-order valence-corrected chi connectivity index (χ0v) is 19.2. The maximum Gasteiger partial charge on any atom is 0.295 e. The van der Waals surface area contributed by atoms with Crippen LogP contribution in [0.2, 0.25) is 0 Å². The largest absolute Gasteiger partial charge is 0.489 e. The van der Waals surface area contributed by atoms with Crippen molar-refractivity contribution in [3.8, 4) is 5.75 Å². The fourth-order valence-corrected chi connectivity index (χ4v) is 4.35. The summed E-state index contributed by atoms with van der Waals surface area (Å²) in [5.41, 5.74) is 8.26. The van der Waals surface area contributed by atoms with E-state index >= 15 is 0 Å². The number of aryl methyl sites for hydroxylation is 2. The van der Waals surface area contributed by atoms with E-state index in [1.165, 1.54) is 12.1 Å². The van der Waals surface area contributed by atoms with E-state index < -0.39 is 10.1 Å². The number of ether oxygens (including phenoxy) is 1. The van der Waals surface area contributed by atoms with Gasteiger partial charge in [-0.3, -0.25) is 4.55 Å². The molecule has 5 N–H and O–H groups in total. The molecule has 0 unspecified atom stereocenters. The van der Waals surface area contributed by atoms with Gasteiger partial charge in [-0.15, -0.1) is 4.33 Å². The molecule has 0 amide bonds. The lowest BCUT2D eigenvalue weighted by Gasteiger charge is -2.11. The van der Waals surface area contributed by atoms with E-state index in [2.05, 4.69) is 19.6 Å². The number of nitrogens with zero attached hydrogens (tertiary/aromatic N) is 2. The lowest BCUT2D eigenvalue weighted by molar-refractivity contribution is -0.432. The van der Waals surface area contributed by atoms with Crippen LogP contribution in [0.4, 0.5) is 17.1 Å². The van der Waals surface area contributed by atoms with Gasteiger partial charge in [0, 0.05) is 16.3 Å². The molecule has 0 aliphatic carbocycles. The molecular formula is C20H21N3O8S2. The van der Waals surface area contributed by atoms with Gasteiger partial charge in [-0.2, -0.15) is 18.6 Å². The summed E-state index contributed by atoms with van der Waals surface area (Å²) in [5.74, 6) is 0.329. The second-order valence-electron chi connectivity index (χ2n) is 6.93. The van der Waals surface area contributed by atoms with E-state index in [-0.39, 0.29) is 29.2 Å². The van der Waals surface area contributed by atoms with Crippen LogP contribution in [0.15, 0.2) is 56.4 Å². The highest BCUT2D eigenvalue weighted by Gasteiger charge is 2.18. The van der Waals surface area contributed by atoms with Crippen LogP contribution >= 0.6 is 12.0 Å². The molecular weight excluding hydrogens is 474 g/mol. The fraction of sp³-hybridized carbons (Fsp3) is 0.200. The van der Waals surface area contributed by atoms with Gasteiger partial charge in [-0.1, -0.05) is 5.04 Å². The molecule has 0 aliphatic heterocycles. The summed E-state index contributed by atoms with van der Waals surface area (Å²) in [6, 6.07) is 9.16. The summed E-state index contributed by atoms with van der Waals surface area (Å²) in [6.07, 6.45) is 0. The number of azo groups is 1. The van der Waals surface area contributed by atoms with Crippen molar-refractivity contribution < 1.29 is 37.4 Å². The second-order valence-corrected chi connectivity index (χ2v) is 9.09. The molecule has 3 aromatic carbocycles. The molecule has 0 heterocycles. The molecule has 176 valence electrons. The first-order chi connectivity index (χ1) is 15.6. The van der Waals surface area contributed by atoms with Gasteiger partial charge < -0.3 is 15.6 Å². The summed E-state index contributed by atoms with van der Waals surface area (Å²) >= 11 is 0.662. The van der Waals surface area contributed by atoms with Crippen molar-refractivity contribution in [2.75, 3.05) is 18.9 Å².